The van der Waals surface area contributed by atoms with Gasteiger partial charge < -0.3 is 10.1 Å². The fourth-order valence-corrected chi connectivity index (χ4v) is 3.28. The van der Waals surface area contributed by atoms with Crippen molar-refractivity contribution in [3.8, 4) is 5.75 Å². The highest BCUT2D eigenvalue weighted by molar-refractivity contribution is 5.96. The minimum Gasteiger partial charge on any atom is -0.492 e. The van der Waals surface area contributed by atoms with Crippen LogP contribution >= 0.6 is 0 Å². The number of amides is 1. The van der Waals surface area contributed by atoms with Crippen molar-refractivity contribution in [3.63, 3.8) is 0 Å². The molecule has 29 heavy (non-hydrogen) atoms. The van der Waals surface area contributed by atoms with E-state index in [2.05, 4.69) is 5.32 Å². The summed E-state index contributed by atoms with van der Waals surface area (Å²) in [5.74, 6) is 0.127. The minimum atomic E-state index is -0.592. The smallest absolute Gasteiger partial charge is 0.246 e. The van der Waals surface area contributed by atoms with Crippen molar-refractivity contribution < 1.29 is 13.9 Å². The van der Waals surface area contributed by atoms with E-state index >= 15 is 0 Å². The SMILES string of the molecule is CCOc1ccccc1NC(=O)[C@H](c1ccccc1)N(C)Cc1ccccc1F. The third-order valence-corrected chi connectivity index (χ3v) is 4.63. The van der Waals surface area contributed by atoms with Crippen LogP contribution in [0.2, 0.25) is 0 Å². The van der Waals surface area contributed by atoms with E-state index in [9.17, 15) is 9.18 Å². The van der Waals surface area contributed by atoms with E-state index in [1.54, 1.807) is 18.2 Å². The molecule has 0 bridgehead atoms. The molecule has 0 spiro atoms. The second-order valence-corrected chi connectivity index (χ2v) is 6.74. The van der Waals surface area contributed by atoms with Crippen molar-refractivity contribution in [2.45, 2.75) is 19.5 Å². The van der Waals surface area contributed by atoms with Gasteiger partial charge in [0.1, 0.15) is 17.6 Å². The van der Waals surface area contributed by atoms with Crippen LogP contribution < -0.4 is 10.1 Å². The Morgan fingerprint density at radius 2 is 1.66 bits per heavy atom. The van der Waals surface area contributed by atoms with Crippen LogP contribution in [0.15, 0.2) is 78.9 Å². The third-order valence-electron chi connectivity index (χ3n) is 4.63. The number of rotatable bonds is 8. The molecule has 0 aromatic heterocycles. The average Bonchev–Trinajstić information content (AvgIpc) is 2.72. The Morgan fingerprint density at radius 3 is 2.38 bits per heavy atom. The van der Waals surface area contributed by atoms with E-state index in [-0.39, 0.29) is 11.7 Å². The van der Waals surface area contributed by atoms with E-state index in [0.717, 1.165) is 5.56 Å². The Labute approximate surface area is 170 Å². The Morgan fingerprint density at radius 1 is 1.00 bits per heavy atom. The van der Waals surface area contributed by atoms with Gasteiger partial charge >= 0.3 is 0 Å². The maximum absolute atomic E-state index is 14.2. The predicted octanol–water partition coefficient (Wildman–Crippen LogP) is 5.04. The molecule has 1 atom stereocenters. The summed E-state index contributed by atoms with van der Waals surface area (Å²) in [6.07, 6.45) is 0. The normalized spacial score (nSPS) is 11.9. The molecule has 0 radical (unpaired) electrons. The lowest BCUT2D eigenvalue weighted by Gasteiger charge is -2.28. The number of hydrogen-bond donors (Lipinski definition) is 1. The molecular formula is C24H25FN2O2. The molecule has 1 amide bonds. The number of halogens is 1. The number of carbonyl (C=O) groups excluding carboxylic acids is 1. The number of likely N-dealkylation sites (N-methyl/N-ethyl adjacent to an activating group) is 1. The van der Waals surface area contributed by atoms with Crippen LogP contribution in [-0.4, -0.2) is 24.5 Å². The highest BCUT2D eigenvalue weighted by Gasteiger charge is 2.26. The molecule has 1 N–H and O–H groups in total. The molecule has 4 nitrogen and oxygen atoms in total. The Balaban J connectivity index is 1.88. The molecule has 0 aliphatic heterocycles. The number of nitrogens with zero attached hydrogens (tertiary/aromatic N) is 1. The van der Waals surface area contributed by atoms with Crippen LogP contribution in [0.1, 0.15) is 24.1 Å². The number of anilines is 1. The first-order valence-electron chi connectivity index (χ1n) is 9.61. The second-order valence-electron chi connectivity index (χ2n) is 6.74. The van der Waals surface area contributed by atoms with Crippen molar-refractivity contribution in [1.82, 2.24) is 4.90 Å². The summed E-state index contributed by atoms with van der Waals surface area (Å²) in [5.41, 5.74) is 1.98. The van der Waals surface area contributed by atoms with Gasteiger partial charge in [-0.3, -0.25) is 9.69 Å². The third kappa shape index (κ3) is 5.21. The van der Waals surface area contributed by atoms with Gasteiger partial charge in [0.2, 0.25) is 5.91 Å². The average molecular weight is 392 g/mol. The molecule has 0 fully saturated rings. The lowest BCUT2D eigenvalue weighted by atomic mass is 10.0. The van der Waals surface area contributed by atoms with Gasteiger partial charge in [-0.1, -0.05) is 60.7 Å². The van der Waals surface area contributed by atoms with Gasteiger partial charge in [0.15, 0.2) is 0 Å². The number of hydrogen-bond acceptors (Lipinski definition) is 3. The van der Waals surface area contributed by atoms with Crippen LogP contribution in [0.4, 0.5) is 10.1 Å². The van der Waals surface area contributed by atoms with Crippen molar-refractivity contribution in [1.29, 1.82) is 0 Å². The Bertz CT molecular complexity index is 946. The minimum absolute atomic E-state index is 0.206. The van der Waals surface area contributed by atoms with Crippen LogP contribution in [0, 0.1) is 5.82 Å². The maximum atomic E-state index is 14.2. The van der Waals surface area contributed by atoms with Crippen molar-refractivity contribution in [2.24, 2.45) is 0 Å². The molecule has 3 aromatic carbocycles. The van der Waals surface area contributed by atoms with Crippen LogP contribution in [0.25, 0.3) is 0 Å². The van der Waals surface area contributed by atoms with Gasteiger partial charge in [-0.2, -0.15) is 0 Å². The predicted molar refractivity (Wildman–Crippen MR) is 113 cm³/mol. The molecule has 0 heterocycles. The first kappa shape index (κ1) is 20.6. The van der Waals surface area contributed by atoms with Gasteiger partial charge in [0, 0.05) is 12.1 Å². The highest BCUT2D eigenvalue weighted by atomic mass is 19.1. The van der Waals surface area contributed by atoms with Crippen molar-refractivity contribution in [3.05, 3.63) is 95.8 Å². The summed E-state index contributed by atoms with van der Waals surface area (Å²) in [6.45, 7) is 2.70. The van der Waals surface area contributed by atoms with E-state index in [0.29, 0.717) is 30.2 Å². The number of benzene rings is 3. The maximum Gasteiger partial charge on any atom is 0.246 e. The molecule has 3 rings (SSSR count). The van der Waals surface area contributed by atoms with Gasteiger partial charge in [-0.15, -0.1) is 0 Å². The van der Waals surface area contributed by atoms with E-state index < -0.39 is 6.04 Å². The number of ether oxygens (including phenoxy) is 1. The second kappa shape index (κ2) is 9.85. The lowest BCUT2D eigenvalue weighted by molar-refractivity contribution is -0.121. The summed E-state index contributed by atoms with van der Waals surface area (Å²) in [7, 11) is 1.82. The topological polar surface area (TPSA) is 41.6 Å². The van der Waals surface area contributed by atoms with Crippen LogP contribution in [0.5, 0.6) is 5.75 Å². The fraction of sp³-hybridized carbons (Fsp3) is 0.208. The zero-order valence-electron chi connectivity index (χ0n) is 16.6. The molecule has 0 unspecified atom stereocenters. The summed E-state index contributed by atoms with van der Waals surface area (Å²) in [4.78, 5) is 15.1. The first-order valence-corrected chi connectivity index (χ1v) is 9.61. The number of nitrogens with one attached hydrogen (secondary N) is 1. The summed E-state index contributed by atoms with van der Waals surface area (Å²) >= 11 is 0. The largest absolute Gasteiger partial charge is 0.492 e. The van der Waals surface area contributed by atoms with Gasteiger partial charge in [0.25, 0.3) is 0 Å². The monoisotopic (exact) mass is 392 g/mol. The zero-order valence-corrected chi connectivity index (χ0v) is 16.6. The molecule has 5 heteroatoms. The fourth-order valence-electron chi connectivity index (χ4n) is 3.28. The Hall–Kier alpha value is -3.18. The van der Waals surface area contributed by atoms with Crippen molar-refractivity contribution in [2.75, 3.05) is 19.0 Å². The zero-order chi connectivity index (χ0) is 20.6. The van der Waals surface area contributed by atoms with E-state index in [1.165, 1.54) is 6.07 Å². The highest BCUT2D eigenvalue weighted by Crippen LogP contribution is 2.28. The molecule has 0 aliphatic rings. The van der Waals surface area contributed by atoms with Gasteiger partial charge in [-0.05, 0) is 37.7 Å². The summed E-state index contributed by atoms with van der Waals surface area (Å²) in [5, 5.41) is 2.98. The Kier molecular flexibility index (Phi) is 6.98. The van der Waals surface area contributed by atoms with Gasteiger partial charge in [-0.25, -0.2) is 4.39 Å². The lowest BCUT2D eigenvalue weighted by Crippen LogP contribution is -2.34. The molecule has 0 saturated heterocycles. The van der Waals surface area contributed by atoms with E-state index in [1.807, 2.05) is 73.5 Å². The number of para-hydroxylation sites is 2. The molecular weight excluding hydrogens is 367 g/mol. The molecule has 3 aromatic rings. The quantitative estimate of drug-likeness (QED) is 0.584. The summed E-state index contributed by atoms with van der Waals surface area (Å²) in [6, 6.07) is 22.8. The molecule has 0 saturated carbocycles. The standard InChI is InChI=1S/C24H25FN2O2/c1-3-29-22-16-10-9-15-21(22)26-24(28)23(18-11-5-4-6-12-18)27(2)17-19-13-7-8-14-20(19)25/h4-16,23H,3,17H2,1-2H3,(H,26,28)/t23-/m0/s1. The molecule has 150 valence electrons. The summed E-state index contributed by atoms with van der Waals surface area (Å²) < 4.78 is 19.8. The van der Waals surface area contributed by atoms with Gasteiger partial charge in [0.05, 0.1) is 12.3 Å². The number of carbonyl (C=O) groups is 1. The molecule has 0 aliphatic carbocycles. The van der Waals surface area contributed by atoms with E-state index in [4.69, 9.17) is 4.74 Å². The van der Waals surface area contributed by atoms with Crippen LogP contribution in [-0.2, 0) is 11.3 Å². The van der Waals surface area contributed by atoms with Crippen LogP contribution in [0.3, 0.4) is 0 Å². The first-order chi connectivity index (χ1) is 14.1. The van der Waals surface area contributed by atoms with Crippen molar-refractivity contribution >= 4 is 11.6 Å².